The van der Waals surface area contributed by atoms with Crippen molar-refractivity contribution in [2.24, 2.45) is 0 Å². The highest BCUT2D eigenvalue weighted by Crippen LogP contribution is 2.22. The molecule has 0 bridgehead atoms. The van der Waals surface area contributed by atoms with E-state index in [0.717, 1.165) is 39.0 Å². The van der Waals surface area contributed by atoms with Gasteiger partial charge in [-0.25, -0.2) is 0 Å². The van der Waals surface area contributed by atoms with Crippen molar-refractivity contribution in [2.75, 3.05) is 32.8 Å². The molecule has 3 heterocycles. The number of morpholine rings is 1. The normalized spacial score (nSPS) is 25.2. The molecule has 116 valence electrons. The minimum absolute atomic E-state index is 0.0498. The summed E-state index contributed by atoms with van der Waals surface area (Å²) >= 11 is 0. The van der Waals surface area contributed by atoms with Crippen molar-refractivity contribution in [2.45, 2.75) is 38.4 Å². The summed E-state index contributed by atoms with van der Waals surface area (Å²) < 4.78 is 7.29. The van der Waals surface area contributed by atoms with Crippen molar-refractivity contribution in [1.29, 1.82) is 0 Å². The molecular weight excluding hydrogens is 268 g/mol. The van der Waals surface area contributed by atoms with Gasteiger partial charge in [-0.15, -0.1) is 0 Å². The van der Waals surface area contributed by atoms with E-state index < -0.39 is 0 Å². The number of rotatable bonds is 4. The van der Waals surface area contributed by atoms with Crippen LogP contribution < -0.4 is 0 Å². The fourth-order valence-corrected chi connectivity index (χ4v) is 3.38. The van der Waals surface area contributed by atoms with Gasteiger partial charge in [0.05, 0.1) is 25.8 Å². The van der Waals surface area contributed by atoms with Gasteiger partial charge in [-0.05, 0) is 32.4 Å². The summed E-state index contributed by atoms with van der Waals surface area (Å²) in [4.78, 5) is 16.9. The van der Waals surface area contributed by atoms with Crippen molar-refractivity contribution in [3.63, 3.8) is 0 Å². The van der Waals surface area contributed by atoms with Crippen LogP contribution in [0.15, 0.2) is 18.5 Å². The van der Waals surface area contributed by atoms with Gasteiger partial charge in [0.2, 0.25) is 5.91 Å². The Balaban J connectivity index is 1.62. The molecule has 3 rings (SSSR count). The molecule has 0 spiro atoms. The Morgan fingerprint density at radius 1 is 1.38 bits per heavy atom. The van der Waals surface area contributed by atoms with Gasteiger partial charge in [-0.2, -0.15) is 5.10 Å². The zero-order valence-corrected chi connectivity index (χ0v) is 12.6. The highest BCUT2D eigenvalue weighted by molar-refractivity contribution is 5.81. The first-order valence-electron chi connectivity index (χ1n) is 7.85. The van der Waals surface area contributed by atoms with E-state index in [4.69, 9.17) is 4.74 Å². The van der Waals surface area contributed by atoms with Crippen molar-refractivity contribution in [3.8, 4) is 0 Å². The SMILES string of the molecule is C[C@H](C(=O)N1CCOCC1)N1CCC[C@H]1Cn1cccn1. The molecule has 6 nitrogen and oxygen atoms in total. The van der Waals surface area contributed by atoms with Crippen LogP contribution in [0.1, 0.15) is 19.8 Å². The Morgan fingerprint density at radius 2 is 2.19 bits per heavy atom. The Hall–Kier alpha value is -1.40. The van der Waals surface area contributed by atoms with Gasteiger partial charge in [0.1, 0.15) is 0 Å². The second-order valence-corrected chi connectivity index (χ2v) is 5.88. The van der Waals surface area contributed by atoms with Crippen molar-refractivity contribution >= 4 is 5.91 Å². The van der Waals surface area contributed by atoms with Crippen LogP contribution in [0.4, 0.5) is 0 Å². The Morgan fingerprint density at radius 3 is 2.90 bits per heavy atom. The van der Waals surface area contributed by atoms with Crippen LogP contribution in [-0.4, -0.2) is 70.4 Å². The molecule has 1 aromatic heterocycles. The molecule has 2 saturated heterocycles. The number of carbonyl (C=O) groups is 1. The quantitative estimate of drug-likeness (QED) is 0.815. The third kappa shape index (κ3) is 3.27. The smallest absolute Gasteiger partial charge is 0.239 e. The van der Waals surface area contributed by atoms with E-state index in [1.807, 2.05) is 35.0 Å². The van der Waals surface area contributed by atoms with Crippen LogP contribution >= 0.6 is 0 Å². The molecular formula is C15H24N4O2. The van der Waals surface area contributed by atoms with Gasteiger partial charge in [-0.1, -0.05) is 0 Å². The lowest BCUT2D eigenvalue weighted by Gasteiger charge is -2.35. The predicted molar refractivity (Wildman–Crippen MR) is 78.8 cm³/mol. The Labute approximate surface area is 125 Å². The van der Waals surface area contributed by atoms with Crippen molar-refractivity contribution in [3.05, 3.63) is 18.5 Å². The molecule has 0 aromatic carbocycles. The first-order valence-corrected chi connectivity index (χ1v) is 7.85. The summed E-state index contributed by atoms with van der Waals surface area (Å²) in [6.07, 6.45) is 6.10. The molecule has 21 heavy (non-hydrogen) atoms. The second kappa shape index (κ2) is 6.58. The van der Waals surface area contributed by atoms with E-state index in [9.17, 15) is 4.79 Å². The van der Waals surface area contributed by atoms with Gasteiger partial charge in [0.15, 0.2) is 0 Å². The summed E-state index contributed by atoms with van der Waals surface area (Å²) in [5, 5.41) is 4.29. The minimum Gasteiger partial charge on any atom is -0.378 e. The monoisotopic (exact) mass is 292 g/mol. The van der Waals surface area contributed by atoms with E-state index in [1.165, 1.54) is 0 Å². The Bertz CT molecular complexity index is 456. The summed E-state index contributed by atoms with van der Waals surface area (Å²) in [6.45, 7) is 6.68. The van der Waals surface area contributed by atoms with Gasteiger partial charge in [0.25, 0.3) is 0 Å². The van der Waals surface area contributed by atoms with Crippen LogP contribution in [-0.2, 0) is 16.1 Å². The maximum Gasteiger partial charge on any atom is 0.239 e. The third-order valence-corrected chi connectivity index (χ3v) is 4.56. The fraction of sp³-hybridized carbons (Fsp3) is 0.733. The fourth-order valence-electron chi connectivity index (χ4n) is 3.38. The molecule has 6 heteroatoms. The number of carbonyl (C=O) groups excluding carboxylic acids is 1. The zero-order chi connectivity index (χ0) is 14.7. The van der Waals surface area contributed by atoms with E-state index in [1.54, 1.807) is 0 Å². The van der Waals surface area contributed by atoms with E-state index in [2.05, 4.69) is 10.00 Å². The maximum atomic E-state index is 12.6. The average molecular weight is 292 g/mol. The van der Waals surface area contributed by atoms with Crippen LogP contribution in [0.25, 0.3) is 0 Å². The van der Waals surface area contributed by atoms with Gasteiger partial charge in [-0.3, -0.25) is 14.4 Å². The molecule has 1 amide bonds. The molecule has 2 fully saturated rings. The molecule has 1 aromatic rings. The van der Waals surface area contributed by atoms with E-state index in [-0.39, 0.29) is 11.9 Å². The molecule has 2 atom stereocenters. The summed E-state index contributed by atoms with van der Waals surface area (Å²) in [6, 6.07) is 2.30. The van der Waals surface area contributed by atoms with Gasteiger partial charge in [0, 0.05) is 31.5 Å². The standard InChI is InChI=1S/C15H24N4O2/c1-13(15(20)17-8-10-21-11-9-17)19-7-2-4-14(19)12-18-6-3-5-16-18/h3,5-6,13-14H,2,4,7-12H2,1H3/t13-,14+/m1/s1. The average Bonchev–Trinajstić information content (AvgIpc) is 3.19. The lowest BCUT2D eigenvalue weighted by molar-refractivity contribution is -0.141. The number of hydrogen-bond donors (Lipinski definition) is 0. The number of hydrogen-bond acceptors (Lipinski definition) is 4. The minimum atomic E-state index is -0.0498. The van der Waals surface area contributed by atoms with Crippen LogP contribution in [0.2, 0.25) is 0 Å². The lowest BCUT2D eigenvalue weighted by Crippen LogP contribution is -2.52. The molecule has 2 aliphatic heterocycles. The highest BCUT2D eigenvalue weighted by Gasteiger charge is 2.34. The molecule has 0 saturated carbocycles. The number of aromatic nitrogens is 2. The Kier molecular flexibility index (Phi) is 4.55. The molecule has 0 N–H and O–H groups in total. The zero-order valence-electron chi connectivity index (χ0n) is 12.6. The predicted octanol–water partition coefficient (Wildman–Crippen LogP) is 0.595. The first kappa shape index (κ1) is 14.5. The third-order valence-electron chi connectivity index (χ3n) is 4.56. The maximum absolute atomic E-state index is 12.6. The molecule has 0 unspecified atom stereocenters. The van der Waals surface area contributed by atoms with Crippen LogP contribution in [0.3, 0.4) is 0 Å². The van der Waals surface area contributed by atoms with E-state index >= 15 is 0 Å². The molecule has 0 radical (unpaired) electrons. The van der Waals surface area contributed by atoms with Crippen LogP contribution in [0, 0.1) is 0 Å². The van der Waals surface area contributed by atoms with Gasteiger partial charge >= 0.3 is 0 Å². The lowest BCUT2D eigenvalue weighted by atomic mass is 10.1. The highest BCUT2D eigenvalue weighted by atomic mass is 16.5. The topological polar surface area (TPSA) is 50.6 Å². The van der Waals surface area contributed by atoms with Crippen molar-refractivity contribution in [1.82, 2.24) is 19.6 Å². The number of ether oxygens (including phenoxy) is 1. The number of nitrogens with zero attached hydrogens (tertiary/aromatic N) is 4. The molecule has 2 aliphatic rings. The van der Waals surface area contributed by atoms with E-state index in [0.29, 0.717) is 19.3 Å². The number of likely N-dealkylation sites (tertiary alicyclic amines) is 1. The molecule has 0 aliphatic carbocycles. The first-order chi connectivity index (χ1) is 10.3. The summed E-state index contributed by atoms with van der Waals surface area (Å²) in [5.74, 6) is 0.241. The second-order valence-electron chi connectivity index (χ2n) is 5.88. The van der Waals surface area contributed by atoms with Crippen molar-refractivity contribution < 1.29 is 9.53 Å². The van der Waals surface area contributed by atoms with Crippen LogP contribution in [0.5, 0.6) is 0 Å². The van der Waals surface area contributed by atoms with Gasteiger partial charge < -0.3 is 9.64 Å². The largest absolute Gasteiger partial charge is 0.378 e. The number of amides is 1. The summed E-state index contributed by atoms with van der Waals surface area (Å²) in [7, 11) is 0. The summed E-state index contributed by atoms with van der Waals surface area (Å²) in [5.41, 5.74) is 0.